The number of aliphatic imine (C=N–C) groups is 1. The molecule has 1 aliphatic heterocycles. The van der Waals surface area contributed by atoms with Crippen LogP contribution in [0, 0.1) is 5.92 Å². The number of carbonyl (C=O) groups is 1. The van der Waals surface area contributed by atoms with E-state index in [9.17, 15) is 4.79 Å². The number of anilines is 1. The van der Waals surface area contributed by atoms with Crippen molar-refractivity contribution in [2.75, 3.05) is 31.6 Å². The number of amides is 1. The molecular formula is C22H33ClIN7O. The van der Waals surface area contributed by atoms with Crippen LogP contribution in [0.4, 0.5) is 5.82 Å². The van der Waals surface area contributed by atoms with E-state index in [-0.39, 0.29) is 35.8 Å². The molecule has 3 heterocycles. The van der Waals surface area contributed by atoms with Gasteiger partial charge in [-0.15, -0.1) is 24.0 Å². The van der Waals surface area contributed by atoms with E-state index in [0.29, 0.717) is 13.1 Å². The average Bonchev–Trinajstić information content (AvgIpc) is 3.07. The first-order valence-corrected chi connectivity index (χ1v) is 11.0. The van der Waals surface area contributed by atoms with Crippen LogP contribution in [-0.2, 0) is 24.9 Å². The Morgan fingerprint density at radius 2 is 2.12 bits per heavy atom. The van der Waals surface area contributed by atoms with Crippen molar-refractivity contribution in [3.63, 3.8) is 0 Å². The van der Waals surface area contributed by atoms with E-state index < -0.39 is 0 Å². The zero-order valence-corrected chi connectivity index (χ0v) is 22.0. The number of halogens is 2. The predicted octanol–water partition coefficient (Wildman–Crippen LogP) is 2.99. The quantitative estimate of drug-likeness (QED) is 0.302. The van der Waals surface area contributed by atoms with Crippen LogP contribution in [0.1, 0.15) is 31.0 Å². The first-order valence-electron chi connectivity index (χ1n) is 10.7. The summed E-state index contributed by atoms with van der Waals surface area (Å²) in [5.41, 5.74) is 7.64. The summed E-state index contributed by atoms with van der Waals surface area (Å²) in [5.74, 6) is 1.51. The van der Waals surface area contributed by atoms with E-state index in [1.165, 1.54) is 0 Å². The Bertz CT molecular complexity index is 925. The molecule has 3 rings (SSSR count). The molecule has 10 heteroatoms. The highest BCUT2D eigenvalue weighted by Gasteiger charge is 2.25. The number of hydrogen-bond acceptors (Lipinski definition) is 4. The lowest BCUT2D eigenvalue weighted by molar-refractivity contribution is -0.122. The van der Waals surface area contributed by atoms with E-state index in [1.54, 1.807) is 6.20 Å². The van der Waals surface area contributed by atoms with Crippen molar-refractivity contribution in [2.45, 2.75) is 32.9 Å². The van der Waals surface area contributed by atoms with Crippen molar-refractivity contribution < 1.29 is 4.79 Å². The molecule has 176 valence electrons. The number of hydrogen-bond donors (Lipinski definition) is 2. The first-order chi connectivity index (χ1) is 14.9. The molecule has 0 unspecified atom stereocenters. The Kier molecular flexibility index (Phi) is 10.1. The summed E-state index contributed by atoms with van der Waals surface area (Å²) < 4.78 is 2.03. The third kappa shape index (κ3) is 6.74. The molecule has 0 aliphatic carbocycles. The minimum absolute atomic E-state index is 0. The number of nitrogens with two attached hydrogens (primary N) is 1. The fourth-order valence-electron chi connectivity index (χ4n) is 3.89. The van der Waals surface area contributed by atoms with E-state index in [1.807, 2.05) is 37.0 Å². The molecule has 0 spiro atoms. The number of nitrogens with zero attached hydrogens (tertiary/aromatic N) is 5. The molecule has 3 N–H and O–H groups in total. The van der Waals surface area contributed by atoms with Crippen molar-refractivity contribution in [1.29, 1.82) is 0 Å². The topological polar surface area (TPSA) is 91.8 Å². The van der Waals surface area contributed by atoms with Crippen LogP contribution in [-0.4, -0.2) is 53.0 Å². The maximum Gasteiger partial charge on any atom is 0.220 e. The van der Waals surface area contributed by atoms with Crippen LogP contribution in [0.25, 0.3) is 0 Å². The first kappa shape index (κ1) is 26.2. The maximum absolute atomic E-state index is 11.5. The van der Waals surface area contributed by atoms with Crippen LogP contribution >= 0.6 is 35.6 Å². The Morgan fingerprint density at radius 1 is 1.41 bits per heavy atom. The summed E-state index contributed by atoms with van der Waals surface area (Å²) in [5, 5.41) is 4.09. The summed E-state index contributed by atoms with van der Waals surface area (Å²) >= 11 is 6.13. The van der Waals surface area contributed by atoms with Gasteiger partial charge in [0.2, 0.25) is 5.91 Å². The van der Waals surface area contributed by atoms with Gasteiger partial charge in [-0.05, 0) is 31.9 Å². The number of nitrogens with one attached hydrogen (secondary N) is 1. The Labute approximate surface area is 212 Å². The second kappa shape index (κ2) is 12.3. The average molecular weight is 574 g/mol. The number of aryl methyl sites for hydroxylation is 1. The molecule has 2 aromatic heterocycles. The van der Waals surface area contributed by atoms with Crippen LogP contribution < -0.4 is 16.0 Å². The van der Waals surface area contributed by atoms with Crippen molar-refractivity contribution >= 4 is 53.3 Å². The summed E-state index contributed by atoms with van der Waals surface area (Å²) in [6.07, 6.45) is 5.23. The molecule has 0 radical (unpaired) electrons. The van der Waals surface area contributed by atoms with Crippen LogP contribution in [0.15, 0.2) is 35.6 Å². The van der Waals surface area contributed by atoms with Gasteiger partial charge in [0.15, 0.2) is 5.96 Å². The largest absolute Gasteiger partial charge is 0.369 e. The van der Waals surface area contributed by atoms with Crippen molar-refractivity contribution in [1.82, 2.24) is 19.8 Å². The lowest BCUT2D eigenvalue weighted by atomic mass is 9.96. The molecule has 0 bridgehead atoms. The van der Waals surface area contributed by atoms with E-state index in [4.69, 9.17) is 22.3 Å². The molecular weight excluding hydrogens is 541 g/mol. The van der Waals surface area contributed by atoms with Gasteiger partial charge in [-0.1, -0.05) is 17.7 Å². The van der Waals surface area contributed by atoms with Crippen molar-refractivity contribution in [3.05, 3.63) is 46.9 Å². The Balaban J connectivity index is 0.00000363. The zero-order valence-electron chi connectivity index (χ0n) is 18.9. The molecule has 32 heavy (non-hydrogen) atoms. The van der Waals surface area contributed by atoms with Gasteiger partial charge in [0.25, 0.3) is 0 Å². The van der Waals surface area contributed by atoms with Gasteiger partial charge in [0.1, 0.15) is 5.82 Å². The monoisotopic (exact) mass is 573 g/mol. The highest BCUT2D eigenvalue weighted by atomic mass is 127. The summed E-state index contributed by atoms with van der Waals surface area (Å²) in [4.78, 5) is 25.3. The summed E-state index contributed by atoms with van der Waals surface area (Å²) in [6, 6.07) is 5.97. The standard InChI is InChI=1S/C22H32ClN7O.HI/c1-4-25-22(29(3)15-19-12-18(23)14-28(19)2)27-13-17-6-5-9-26-21(17)30-10-7-16(8-11-30)20(24)31;/h5-6,9,12,14,16H,4,7-8,10-11,13,15H2,1-3H3,(H2,24,31)(H,25,27);1H. The Morgan fingerprint density at radius 3 is 2.72 bits per heavy atom. The molecule has 0 atom stereocenters. The molecule has 2 aromatic rings. The van der Waals surface area contributed by atoms with E-state index in [0.717, 1.165) is 60.5 Å². The Hall–Kier alpha value is -2.01. The molecule has 0 saturated carbocycles. The number of piperidine rings is 1. The van der Waals surface area contributed by atoms with Gasteiger partial charge in [-0.25, -0.2) is 9.98 Å². The predicted molar refractivity (Wildman–Crippen MR) is 140 cm³/mol. The maximum atomic E-state index is 11.5. The highest BCUT2D eigenvalue weighted by Crippen LogP contribution is 2.25. The minimum atomic E-state index is -0.205. The van der Waals surface area contributed by atoms with Crippen LogP contribution in [0.5, 0.6) is 0 Å². The number of rotatable bonds is 7. The van der Waals surface area contributed by atoms with Crippen LogP contribution in [0.3, 0.4) is 0 Å². The third-order valence-corrected chi connectivity index (χ3v) is 5.84. The fourth-order valence-corrected chi connectivity index (χ4v) is 4.16. The van der Waals surface area contributed by atoms with Crippen LogP contribution in [0.2, 0.25) is 5.02 Å². The normalized spacial score (nSPS) is 14.8. The molecule has 1 saturated heterocycles. The third-order valence-electron chi connectivity index (χ3n) is 5.63. The minimum Gasteiger partial charge on any atom is -0.369 e. The number of aromatic nitrogens is 2. The van der Waals surface area contributed by atoms with Gasteiger partial charge in [-0.3, -0.25) is 4.79 Å². The highest BCUT2D eigenvalue weighted by molar-refractivity contribution is 14.0. The van der Waals surface area contributed by atoms with Gasteiger partial charge in [0.05, 0.1) is 18.1 Å². The second-order valence-electron chi connectivity index (χ2n) is 7.94. The zero-order chi connectivity index (χ0) is 22.4. The summed E-state index contributed by atoms with van der Waals surface area (Å²) in [7, 11) is 4.00. The van der Waals surface area contributed by atoms with Gasteiger partial charge in [0, 0.05) is 63.3 Å². The second-order valence-corrected chi connectivity index (χ2v) is 8.37. The number of pyridine rings is 1. The molecule has 1 aliphatic rings. The van der Waals surface area contributed by atoms with E-state index >= 15 is 0 Å². The molecule has 8 nitrogen and oxygen atoms in total. The molecule has 1 amide bonds. The van der Waals surface area contributed by atoms with Crippen molar-refractivity contribution in [3.8, 4) is 0 Å². The smallest absolute Gasteiger partial charge is 0.220 e. The number of guanidine groups is 1. The SMILES string of the molecule is CCNC(=NCc1cccnc1N1CCC(C(N)=O)CC1)N(C)Cc1cc(Cl)cn1C.I. The number of carbonyl (C=O) groups excluding carboxylic acids is 1. The van der Waals surface area contributed by atoms with E-state index in [2.05, 4.69) is 33.1 Å². The van der Waals surface area contributed by atoms with Gasteiger partial charge >= 0.3 is 0 Å². The van der Waals surface area contributed by atoms with Gasteiger partial charge < -0.3 is 25.4 Å². The fraction of sp³-hybridized carbons (Fsp3) is 0.500. The molecule has 1 fully saturated rings. The lowest BCUT2D eigenvalue weighted by Gasteiger charge is -2.32. The van der Waals surface area contributed by atoms with Gasteiger partial charge in [-0.2, -0.15) is 0 Å². The molecule has 0 aromatic carbocycles. The van der Waals surface area contributed by atoms with Crippen molar-refractivity contribution in [2.24, 2.45) is 23.7 Å². The lowest BCUT2D eigenvalue weighted by Crippen LogP contribution is -2.39. The summed E-state index contributed by atoms with van der Waals surface area (Å²) in [6.45, 7) is 5.58. The number of primary amides is 1.